The molecule has 0 aromatic heterocycles. The van der Waals surface area contributed by atoms with E-state index >= 15 is 0 Å². The summed E-state index contributed by atoms with van der Waals surface area (Å²) in [6, 6.07) is 6.41. The van der Waals surface area contributed by atoms with Crippen LogP contribution in [0.4, 0.5) is 0 Å². The summed E-state index contributed by atoms with van der Waals surface area (Å²) < 4.78 is 0. The first-order valence-electron chi connectivity index (χ1n) is 6.55. The molecule has 2 aliphatic rings. The zero-order valence-electron chi connectivity index (χ0n) is 10.5. The lowest BCUT2D eigenvalue weighted by atomic mass is 10.0. The van der Waals surface area contributed by atoms with Crippen LogP contribution in [0.2, 0.25) is 10.0 Å². The third kappa shape index (κ3) is 2.27. The molecule has 0 spiro atoms. The maximum Gasteiger partial charge on any atom is 0.0595 e. The number of hydrogen-bond acceptors (Lipinski definition) is 2. The Kier molecular flexibility index (Phi) is 3.55. The van der Waals surface area contributed by atoms with Gasteiger partial charge in [0.2, 0.25) is 0 Å². The van der Waals surface area contributed by atoms with E-state index in [1.54, 1.807) is 0 Å². The van der Waals surface area contributed by atoms with E-state index in [4.69, 9.17) is 23.2 Å². The van der Waals surface area contributed by atoms with Gasteiger partial charge in [0.1, 0.15) is 0 Å². The molecule has 2 fully saturated rings. The van der Waals surface area contributed by atoms with Crippen LogP contribution < -0.4 is 5.32 Å². The minimum atomic E-state index is 0.422. The van der Waals surface area contributed by atoms with Crippen molar-refractivity contribution in [1.29, 1.82) is 0 Å². The van der Waals surface area contributed by atoms with E-state index in [0.717, 1.165) is 11.8 Å². The summed E-state index contributed by atoms with van der Waals surface area (Å²) >= 11 is 12.1. The molecule has 98 valence electrons. The minimum absolute atomic E-state index is 0.422. The zero-order chi connectivity index (χ0) is 12.7. The lowest BCUT2D eigenvalue weighted by Gasteiger charge is -2.25. The first-order valence-corrected chi connectivity index (χ1v) is 7.30. The molecule has 1 N–H and O–H groups in total. The Morgan fingerprint density at radius 3 is 2.44 bits per heavy atom. The first kappa shape index (κ1) is 12.7. The van der Waals surface area contributed by atoms with E-state index in [1.807, 2.05) is 12.1 Å². The third-order valence-corrected chi connectivity index (χ3v) is 5.13. The molecule has 2 heterocycles. The van der Waals surface area contributed by atoms with Crippen LogP contribution in [0.25, 0.3) is 0 Å². The normalized spacial score (nSPS) is 29.5. The second-order valence-corrected chi connectivity index (χ2v) is 6.30. The number of likely N-dealkylation sites (tertiary alicyclic amines) is 1. The molecule has 2 aliphatic heterocycles. The molecule has 0 amide bonds. The molecule has 3 unspecified atom stereocenters. The molecular formula is C14H18Cl2N2. The van der Waals surface area contributed by atoms with E-state index in [2.05, 4.69) is 23.2 Å². The van der Waals surface area contributed by atoms with Crippen LogP contribution in [-0.2, 0) is 0 Å². The summed E-state index contributed by atoms with van der Waals surface area (Å²) in [5.74, 6) is 1.66. The van der Waals surface area contributed by atoms with Crippen LogP contribution in [0, 0.1) is 11.8 Å². The topological polar surface area (TPSA) is 15.3 Å². The first-order chi connectivity index (χ1) is 8.65. The molecule has 0 radical (unpaired) electrons. The molecule has 2 nitrogen and oxygen atoms in total. The standard InChI is InChI=1S/C14H18Cl2N2/c1-9(10-2-3-13(15)14(16)4-10)18-7-11-5-17-6-12(11)8-18/h2-4,9,11-12,17H,5-8H2,1H3. The Morgan fingerprint density at radius 2 is 1.83 bits per heavy atom. The Hall–Kier alpha value is -0.280. The number of halogens is 2. The molecule has 0 bridgehead atoms. The number of hydrogen-bond donors (Lipinski definition) is 1. The maximum atomic E-state index is 6.10. The van der Waals surface area contributed by atoms with Crippen molar-refractivity contribution in [1.82, 2.24) is 10.2 Å². The molecular weight excluding hydrogens is 267 g/mol. The van der Waals surface area contributed by atoms with Crippen LogP contribution in [0.15, 0.2) is 18.2 Å². The van der Waals surface area contributed by atoms with Gasteiger partial charge < -0.3 is 5.32 Å². The highest BCUT2D eigenvalue weighted by molar-refractivity contribution is 6.42. The van der Waals surface area contributed by atoms with Crippen LogP contribution in [0.3, 0.4) is 0 Å². The average Bonchev–Trinajstić information content (AvgIpc) is 2.92. The van der Waals surface area contributed by atoms with Crippen molar-refractivity contribution in [2.75, 3.05) is 26.2 Å². The molecule has 0 saturated carbocycles. The predicted octanol–water partition coefficient (Wildman–Crippen LogP) is 3.21. The highest BCUT2D eigenvalue weighted by atomic mass is 35.5. The van der Waals surface area contributed by atoms with Gasteiger partial charge in [0.25, 0.3) is 0 Å². The van der Waals surface area contributed by atoms with Crippen molar-refractivity contribution in [3.05, 3.63) is 33.8 Å². The minimum Gasteiger partial charge on any atom is -0.316 e. The van der Waals surface area contributed by atoms with Gasteiger partial charge in [-0.05, 0) is 49.5 Å². The van der Waals surface area contributed by atoms with Gasteiger partial charge in [-0.15, -0.1) is 0 Å². The maximum absolute atomic E-state index is 6.10. The Balaban J connectivity index is 1.74. The number of benzene rings is 1. The van der Waals surface area contributed by atoms with Gasteiger partial charge in [-0.2, -0.15) is 0 Å². The lowest BCUT2D eigenvalue weighted by molar-refractivity contribution is 0.244. The summed E-state index contributed by atoms with van der Waals surface area (Å²) in [7, 11) is 0. The van der Waals surface area contributed by atoms with Gasteiger partial charge in [0, 0.05) is 19.1 Å². The fourth-order valence-electron chi connectivity index (χ4n) is 3.19. The summed E-state index contributed by atoms with van der Waals surface area (Å²) in [5.41, 5.74) is 1.26. The van der Waals surface area contributed by atoms with Gasteiger partial charge in [0.05, 0.1) is 10.0 Å². The SMILES string of the molecule is CC(c1ccc(Cl)c(Cl)c1)N1CC2CNCC2C1. The summed E-state index contributed by atoms with van der Waals surface area (Å²) in [5, 5.41) is 4.76. The van der Waals surface area contributed by atoms with Crippen molar-refractivity contribution in [2.24, 2.45) is 11.8 Å². The Labute approximate surface area is 118 Å². The molecule has 3 atom stereocenters. The molecule has 1 aromatic carbocycles. The number of rotatable bonds is 2. The smallest absolute Gasteiger partial charge is 0.0595 e. The molecule has 4 heteroatoms. The average molecular weight is 285 g/mol. The largest absolute Gasteiger partial charge is 0.316 e. The highest BCUT2D eigenvalue weighted by Gasteiger charge is 2.37. The van der Waals surface area contributed by atoms with E-state index in [0.29, 0.717) is 16.1 Å². The van der Waals surface area contributed by atoms with Crippen molar-refractivity contribution < 1.29 is 0 Å². The molecule has 3 rings (SSSR count). The van der Waals surface area contributed by atoms with Crippen molar-refractivity contribution in [3.63, 3.8) is 0 Å². The Morgan fingerprint density at radius 1 is 1.17 bits per heavy atom. The van der Waals surface area contributed by atoms with E-state index < -0.39 is 0 Å². The molecule has 0 aliphatic carbocycles. The van der Waals surface area contributed by atoms with Gasteiger partial charge in [0.15, 0.2) is 0 Å². The molecule has 18 heavy (non-hydrogen) atoms. The second-order valence-electron chi connectivity index (χ2n) is 5.48. The van der Waals surface area contributed by atoms with E-state index in [9.17, 15) is 0 Å². The lowest BCUT2D eigenvalue weighted by Crippen LogP contribution is -2.28. The fraction of sp³-hybridized carbons (Fsp3) is 0.571. The number of nitrogens with one attached hydrogen (secondary N) is 1. The summed E-state index contributed by atoms with van der Waals surface area (Å²) in [6.45, 7) is 7.00. The van der Waals surface area contributed by atoms with Gasteiger partial charge in [-0.3, -0.25) is 4.90 Å². The van der Waals surface area contributed by atoms with Gasteiger partial charge in [-0.1, -0.05) is 29.3 Å². The highest BCUT2D eigenvalue weighted by Crippen LogP contribution is 2.34. The van der Waals surface area contributed by atoms with Gasteiger partial charge in [-0.25, -0.2) is 0 Å². The summed E-state index contributed by atoms with van der Waals surface area (Å²) in [6.07, 6.45) is 0. The fourth-order valence-corrected chi connectivity index (χ4v) is 3.50. The second kappa shape index (κ2) is 5.01. The van der Waals surface area contributed by atoms with Crippen LogP contribution in [-0.4, -0.2) is 31.1 Å². The number of fused-ring (bicyclic) bond motifs is 1. The molecule has 2 saturated heterocycles. The quantitative estimate of drug-likeness (QED) is 0.897. The van der Waals surface area contributed by atoms with Crippen molar-refractivity contribution in [3.8, 4) is 0 Å². The van der Waals surface area contributed by atoms with Crippen LogP contribution in [0.5, 0.6) is 0 Å². The van der Waals surface area contributed by atoms with Crippen LogP contribution in [0.1, 0.15) is 18.5 Å². The van der Waals surface area contributed by atoms with Crippen molar-refractivity contribution in [2.45, 2.75) is 13.0 Å². The van der Waals surface area contributed by atoms with Crippen LogP contribution >= 0.6 is 23.2 Å². The zero-order valence-corrected chi connectivity index (χ0v) is 12.0. The Bertz CT molecular complexity index is 437. The predicted molar refractivity (Wildman–Crippen MR) is 76.3 cm³/mol. The van der Waals surface area contributed by atoms with Crippen molar-refractivity contribution >= 4 is 23.2 Å². The van der Waals surface area contributed by atoms with E-state index in [1.165, 1.54) is 31.7 Å². The summed E-state index contributed by atoms with van der Waals surface area (Å²) in [4.78, 5) is 2.57. The third-order valence-electron chi connectivity index (χ3n) is 4.39. The number of nitrogens with zero attached hydrogens (tertiary/aromatic N) is 1. The molecule has 1 aromatic rings. The monoisotopic (exact) mass is 284 g/mol. The van der Waals surface area contributed by atoms with Gasteiger partial charge >= 0.3 is 0 Å². The van der Waals surface area contributed by atoms with E-state index in [-0.39, 0.29) is 0 Å².